The average Bonchev–Trinajstić information content (AvgIpc) is 2.50. The van der Waals surface area contributed by atoms with E-state index in [4.69, 9.17) is 0 Å². The molecule has 2 nitrogen and oxygen atoms in total. The van der Waals surface area contributed by atoms with Crippen molar-refractivity contribution >= 4 is 6.21 Å². The molecule has 1 heterocycles. The Labute approximate surface area is 69.1 Å². The first-order valence-corrected chi connectivity index (χ1v) is 4.68. The summed E-state index contributed by atoms with van der Waals surface area (Å²) in [5, 5.41) is 3.31. The number of rotatable bonds is 5. The van der Waals surface area contributed by atoms with Crippen LogP contribution in [0.2, 0.25) is 0 Å². The summed E-state index contributed by atoms with van der Waals surface area (Å²) in [4.78, 5) is 4.30. The summed E-state index contributed by atoms with van der Waals surface area (Å²) in [6.07, 6.45) is 9.01. The Hall–Kier alpha value is -0.370. The molecule has 1 atom stereocenters. The van der Waals surface area contributed by atoms with Gasteiger partial charge in [0.25, 0.3) is 0 Å². The molecule has 1 N–H and O–H groups in total. The second-order valence-electron chi connectivity index (χ2n) is 3.11. The lowest BCUT2D eigenvalue weighted by atomic mass is 10.1. The van der Waals surface area contributed by atoms with Crippen LogP contribution in [-0.4, -0.2) is 18.9 Å². The van der Waals surface area contributed by atoms with Crippen molar-refractivity contribution in [2.75, 3.05) is 6.54 Å². The molecule has 0 aromatic heterocycles. The molecule has 0 aromatic carbocycles. The van der Waals surface area contributed by atoms with E-state index in [-0.39, 0.29) is 0 Å². The van der Waals surface area contributed by atoms with Gasteiger partial charge in [0.15, 0.2) is 0 Å². The molecule has 64 valence electrons. The summed E-state index contributed by atoms with van der Waals surface area (Å²) in [7, 11) is 0. The zero-order valence-corrected chi connectivity index (χ0v) is 7.34. The van der Waals surface area contributed by atoms with E-state index in [1.165, 1.54) is 32.1 Å². The topological polar surface area (TPSA) is 24.4 Å². The molecular weight excluding hydrogens is 136 g/mol. The van der Waals surface area contributed by atoms with E-state index in [1.807, 2.05) is 6.21 Å². The maximum absolute atomic E-state index is 4.30. The monoisotopic (exact) mass is 154 g/mol. The summed E-state index contributed by atoms with van der Waals surface area (Å²) >= 11 is 0. The highest BCUT2D eigenvalue weighted by Crippen LogP contribution is 2.07. The van der Waals surface area contributed by atoms with Crippen molar-refractivity contribution in [2.24, 2.45) is 4.99 Å². The number of hydrogen-bond donors (Lipinski definition) is 1. The Bertz CT molecular complexity index is 121. The van der Waals surface area contributed by atoms with Crippen molar-refractivity contribution in [3.05, 3.63) is 0 Å². The van der Waals surface area contributed by atoms with Gasteiger partial charge in [-0.2, -0.15) is 0 Å². The Morgan fingerprint density at radius 1 is 1.45 bits per heavy atom. The Balaban J connectivity index is 1.90. The molecule has 0 fully saturated rings. The molecule has 1 aliphatic heterocycles. The molecule has 0 saturated heterocycles. The predicted octanol–water partition coefficient (Wildman–Crippen LogP) is 1.96. The molecule has 0 radical (unpaired) electrons. The van der Waals surface area contributed by atoms with Crippen LogP contribution < -0.4 is 5.32 Å². The van der Waals surface area contributed by atoms with Crippen molar-refractivity contribution in [1.82, 2.24) is 5.32 Å². The molecule has 2 heteroatoms. The molecule has 0 amide bonds. The number of nitrogens with zero attached hydrogens (tertiary/aromatic N) is 1. The fourth-order valence-electron chi connectivity index (χ4n) is 1.36. The smallest absolute Gasteiger partial charge is 0.0993 e. The van der Waals surface area contributed by atoms with E-state index in [9.17, 15) is 0 Å². The molecule has 1 rings (SSSR count). The summed E-state index contributed by atoms with van der Waals surface area (Å²) in [5.74, 6) is 0. The first-order chi connectivity index (χ1) is 5.43. The molecule has 0 aliphatic carbocycles. The lowest BCUT2D eigenvalue weighted by molar-refractivity contribution is 0.513. The molecule has 0 aromatic rings. The standard InChI is InChI=1S/C9H18N2/c1-2-3-4-5-6-9-10-7-8-11-9/h7,9,11H,2-6,8H2,1H3. The van der Waals surface area contributed by atoms with Crippen LogP contribution in [0.5, 0.6) is 0 Å². The molecule has 0 saturated carbocycles. The average molecular weight is 154 g/mol. The molecule has 11 heavy (non-hydrogen) atoms. The maximum Gasteiger partial charge on any atom is 0.0993 e. The van der Waals surface area contributed by atoms with Gasteiger partial charge in [0.2, 0.25) is 0 Å². The van der Waals surface area contributed by atoms with Gasteiger partial charge in [-0.3, -0.25) is 10.3 Å². The van der Waals surface area contributed by atoms with Gasteiger partial charge in [-0.05, 0) is 12.8 Å². The van der Waals surface area contributed by atoms with Gasteiger partial charge < -0.3 is 0 Å². The Morgan fingerprint density at radius 2 is 2.36 bits per heavy atom. The first-order valence-electron chi connectivity index (χ1n) is 4.68. The van der Waals surface area contributed by atoms with Crippen molar-refractivity contribution in [1.29, 1.82) is 0 Å². The second kappa shape index (κ2) is 5.30. The van der Waals surface area contributed by atoms with Crippen LogP contribution in [0.3, 0.4) is 0 Å². The van der Waals surface area contributed by atoms with E-state index >= 15 is 0 Å². The SMILES string of the molecule is CCCCCCC1N=CCN1. The minimum absolute atomic E-state index is 0.437. The molecule has 0 bridgehead atoms. The fraction of sp³-hybridized carbons (Fsp3) is 0.889. The number of aliphatic imine (C=N–C) groups is 1. The van der Waals surface area contributed by atoms with Crippen molar-refractivity contribution in [2.45, 2.75) is 45.2 Å². The van der Waals surface area contributed by atoms with Crippen molar-refractivity contribution in [3.63, 3.8) is 0 Å². The van der Waals surface area contributed by atoms with Gasteiger partial charge in [-0.25, -0.2) is 0 Å². The van der Waals surface area contributed by atoms with Gasteiger partial charge in [-0.1, -0.05) is 26.2 Å². The van der Waals surface area contributed by atoms with Crippen LogP contribution in [0.15, 0.2) is 4.99 Å². The predicted molar refractivity (Wildman–Crippen MR) is 49.0 cm³/mol. The summed E-state index contributed by atoms with van der Waals surface area (Å²) in [6.45, 7) is 3.21. The number of nitrogens with one attached hydrogen (secondary N) is 1. The first kappa shape index (κ1) is 8.72. The largest absolute Gasteiger partial charge is 0.291 e. The molecule has 1 unspecified atom stereocenters. The second-order valence-corrected chi connectivity index (χ2v) is 3.11. The number of hydrogen-bond acceptors (Lipinski definition) is 2. The van der Waals surface area contributed by atoms with Crippen LogP contribution in [-0.2, 0) is 0 Å². The zero-order valence-electron chi connectivity index (χ0n) is 7.34. The molecular formula is C9H18N2. The summed E-state index contributed by atoms with van der Waals surface area (Å²) in [5.41, 5.74) is 0. The van der Waals surface area contributed by atoms with Crippen LogP contribution >= 0.6 is 0 Å². The van der Waals surface area contributed by atoms with Crippen molar-refractivity contribution < 1.29 is 0 Å². The van der Waals surface area contributed by atoms with Gasteiger partial charge in [0.1, 0.15) is 0 Å². The Kier molecular flexibility index (Phi) is 4.21. The summed E-state index contributed by atoms with van der Waals surface area (Å²) in [6, 6.07) is 0. The maximum atomic E-state index is 4.30. The highest BCUT2D eigenvalue weighted by Gasteiger charge is 2.07. The highest BCUT2D eigenvalue weighted by atomic mass is 15.1. The van der Waals surface area contributed by atoms with Crippen LogP contribution in [0, 0.1) is 0 Å². The molecule has 0 spiro atoms. The van der Waals surface area contributed by atoms with Crippen molar-refractivity contribution in [3.8, 4) is 0 Å². The third-order valence-corrected chi connectivity index (χ3v) is 2.06. The normalized spacial score (nSPS) is 22.8. The van der Waals surface area contributed by atoms with E-state index in [2.05, 4.69) is 17.2 Å². The lowest BCUT2D eigenvalue weighted by Crippen LogP contribution is -2.21. The lowest BCUT2D eigenvalue weighted by Gasteiger charge is -2.06. The zero-order chi connectivity index (χ0) is 7.94. The van der Waals surface area contributed by atoms with Gasteiger partial charge in [0, 0.05) is 12.8 Å². The minimum atomic E-state index is 0.437. The summed E-state index contributed by atoms with van der Waals surface area (Å²) < 4.78 is 0. The van der Waals surface area contributed by atoms with E-state index in [0.717, 1.165) is 6.54 Å². The number of unbranched alkanes of at least 4 members (excludes halogenated alkanes) is 3. The van der Waals surface area contributed by atoms with Crippen LogP contribution in [0.1, 0.15) is 39.0 Å². The quantitative estimate of drug-likeness (QED) is 0.601. The fourth-order valence-corrected chi connectivity index (χ4v) is 1.36. The van der Waals surface area contributed by atoms with Crippen LogP contribution in [0.4, 0.5) is 0 Å². The van der Waals surface area contributed by atoms with Gasteiger partial charge >= 0.3 is 0 Å². The van der Waals surface area contributed by atoms with E-state index in [1.54, 1.807) is 0 Å². The third kappa shape index (κ3) is 3.51. The van der Waals surface area contributed by atoms with E-state index < -0.39 is 0 Å². The van der Waals surface area contributed by atoms with E-state index in [0.29, 0.717) is 6.17 Å². The molecule has 1 aliphatic rings. The van der Waals surface area contributed by atoms with Crippen LogP contribution in [0.25, 0.3) is 0 Å². The minimum Gasteiger partial charge on any atom is -0.291 e. The highest BCUT2D eigenvalue weighted by molar-refractivity contribution is 5.61. The third-order valence-electron chi connectivity index (χ3n) is 2.06. The Morgan fingerprint density at radius 3 is 3.00 bits per heavy atom. The van der Waals surface area contributed by atoms with Gasteiger partial charge in [-0.15, -0.1) is 0 Å². The van der Waals surface area contributed by atoms with Gasteiger partial charge in [0.05, 0.1) is 6.17 Å².